The highest BCUT2D eigenvalue weighted by Crippen LogP contribution is 2.35. The molecule has 1 aromatic rings. The maximum Gasteiger partial charge on any atom is 0.138 e. The third-order valence-corrected chi connectivity index (χ3v) is 2.80. The molecular formula is C9H8Cl2O2. The van der Waals surface area contributed by atoms with Gasteiger partial charge in [-0.3, -0.25) is 0 Å². The Morgan fingerprint density at radius 1 is 1.46 bits per heavy atom. The molecule has 4 heteroatoms. The van der Waals surface area contributed by atoms with Crippen molar-refractivity contribution in [3.8, 4) is 5.75 Å². The lowest BCUT2D eigenvalue weighted by Crippen LogP contribution is -1.93. The van der Waals surface area contributed by atoms with Gasteiger partial charge in [0.25, 0.3) is 0 Å². The van der Waals surface area contributed by atoms with Crippen LogP contribution in [0.5, 0.6) is 5.75 Å². The Kier molecular flexibility index (Phi) is 2.37. The molecule has 1 aliphatic heterocycles. The van der Waals surface area contributed by atoms with Gasteiger partial charge in [-0.05, 0) is 11.6 Å². The van der Waals surface area contributed by atoms with Gasteiger partial charge in [0.15, 0.2) is 0 Å². The van der Waals surface area contributed by atoms with Crippen LogP contribution in [0.2, 0.25) is 10.0 Å². The summed E-state index contributed by atoms with van der Waals surface area (Å²) < 4.78 is 5.05. The van der Waals surface area contributed by atoms with Gasteiger partial charge in [-0.15, -0.1) is 0 Å². The maximum atomic E-state index is 9.58. The third-order valence-electron chi connectivity index (χ3n) is 2.00. The first kappa shape index (κ1) is 9.13. The number of hydrogen-bond donors (Lipinski definition) is 1. The summed E-state index contributed by atoms with van der Waals surface area (Å²) in [5.74, 6) is 0.0738. The Hall–Kier alpha value is -0.440. The lowest BCUT2D eigenvalue weighted by atomic mass is 10.1. The highest BCUT2D eigenvalue weighted by atomic mass is 35.5. The molecule has 0 spiro atoms. The number of ether oxygens (including phenoxy) is 1. The average molecular weight is 219 g/mol. The van der Waals surface area contributed by atoms with E-state index in [0.29, 0.717) is 11.4 Å². The maximum absolute atomic E-state index is 9.58. The Bertz CT molecular complexity index is 335. The van der Waals surface area contributed by atoms with Crippen molar-refractivity contribution in [2.75, 3.05) is 6.61 Å². The van der Waals surface area contributed by atoms with Crippen molar-refractivity contribution >= 4 is 23.2 Å². The Balaban J connectivity index is 2.29. The Morgan fingerprint density at radius 2 is 2.15 bits per heavy atom. The second-order valence-electron chi connectivity index (χ2n) is 3.03. The molecule has 0 radical (unpaired) electrons. The first-order chi connectivity index (χ1) is 6.18. The first-order valence-corrected chi connectivity index (χ1v) is 4.71. The van der Waals surface area contributed by atoms with E-state index in [1.54, 1.807) is 12.1 Å². The number of benzene rings is 1. The summed E-state index contributed by atoms with van der Waals surface area (Å²) in [6.45, 7) is 0.764. The van der Waals surface area contributed by atoms with Crippen LogP contribution in [0.1, 0.15) is 5.56 Å². The SMILES string of the molecule is Oc1c(C[C@@H]2CO2)ccc(Cl)c1Cl. The molecule has 2 nitrogen and oxygen atoms in total. The van der Waals surface area contributed by atoms with Crippen LogP contribution in [-0.2, 0) is 11.2 Å². The van der Waals surface area contributed by atoms with Crippen LogP contribution in [0, 0.1) is 0 Å². The lowest BCUT2D eigenvalue weighted by molar-refractivity contribution is 0.402. The smallest absolute Gasteiger partial charge is 0.138 e. The van der Waals surface area contributed by atoms with Gasteiger partial charge in [-0.1, -0.05) is 29.3 Å². The van der Waals surface area contributed by atoms with Crippen LogP contribution in [0.15, 0.2) is 12.1 Å². The predicted molar refractivity (Wildman–Crippen MR) is 51.6 cm³/mol. The summed E-state index contributed by atoms with van der Waals surface area (Å²) in [5.41, 5.74) is 0.789. The monoisotopic (exact) mass is 218 g/mol. The molecule has 0 bridgehead atoms. The molecule has 1 aliphatic rings. The second kappa shape index (κ2) is 3.37. The van der Waals surface area contributed by atoms with Crippen LogP contribution in [-0.4, -0.2) is 17.8 Å². The fourth-order valence-electron chi connectivity index (χ4n) is 1.18. The quantitative estimate of drug-likeness (QED) is 0.775. The van der Waals surface area contributed by atoms with Crippen molar-refractivity contribution in [2.45, 2.75) is 12.5 Å². The minimum atomic E-state index is 0.0738. The number of epoxide rings is 1. The third kappa shape index (κ3) is 1.90. The highest BCUT2D eigenvalue weighted by Gasteiger charge is 2.24. The zero-order chi connectivity index (χ0) is 9.42. The van der Waals surface area contributed by atoms with Crippen molar-refractivity contribution in [3.05, 3.63) is 27.7 Å². The summed E-state index contributed by atoms with van der Waals surface area (Å²) in [6.07, 6.45) is 0.936. The fourth-order valence-corrected chi connectivity index (χ4v) is 1.51. The summed E-state index contributed by atoms with van der Waals surface area (Å²) in [4.78, 5) is 0. The minimum Gasteiger partial charge on any atom is -0.506 e. The molecule has 2 rings (SSSR count). The van der Waals surface area contributed by atoms with Crippen LogP contribution in [0.25, 0.3) is 0 Å². The Morgan fingerprint density at radius 3 is 2.77 bits per heavy atom. The van der Waals surface area contributed by atoms with Gasteiger partial charge >= 0.3 is 0 Å². The van der Waals surface area contributed by atoms with Crippen molar-refractivity contribution < 1.29 is 9.84 Å². The minimum absolute atomic E-state index is 0.0738. The molecule has 0 aliphatic carbocycles. The fraction of sp³-hybridized carbons (Fsp3) is 0.333. The van der Waals surface area contributed by atoms with Gasteiger partial charge in [0.2, 0.25) is 0 Å². The van der Waals surface area contributed by atoms with Crippen LogP contribution < -0.4 is 0 Å². The van der Waals surface area contributed by atoms with Crippen molar-refractivity contribution in [1.29, 1.82) is 0 Å². The number of hydrogen-bond acceptors (Lipinski definition) is 2. The van der Waals surface area contributed by atoms with Gasteiger partial charge in [0.05, 0.1) is 17.7 Å². The highest BCUT2D eigenvalue weighted by molar-refractivity contribution is 6.43. The van der Waals surface area contributed by atoms with Gasteiger partial charge in [-0.25, -0.2) is 0 Å². The van der Waals surface area contributed by atoms with Crippen LogP contribution in [0.3, 0.4) is 0 Å². The van der Waals surface area contributed by atoms with E-state index in [0.717, 1.165) is 12.2 Å². The molecule has 1 fully saturated rings. The van der Waals surface area contributed by atoms with E-state index in [4.69, 9.17) is 27.9 Å². The summed E-state index contributed by atoms with van der Waals surface area (Å²) in [5, 5.41) is 10.2. The summed E-state index contributed by atoms with van der Waals surface area (Å²) in [6, 6.07) is 3.45. The molecule has 1 N–H and O–H groups in total. The molecule has 0 aromatic heterocycles. The number of phenolic OH excluding ortho intramolecular Hbond substituents is 1. The topological polar surface area (TPSA) is 32.8 Å². The van der Waals surface area contributed by atoms with Crippen molar-refractivity contribution in [3.63, 3.8) is 0 Å². The van der Waals surface area contributed by atoms with Gasteiger partial charge in [-0.2, -0.15) is 0 Å². The summed E-state index contributed by atoms with van der Waals surface area (Å²) in [7, 11) is 0. The van der Waals surface area contributed by atoms with Crippen molar-refractivity contribution in [1.82, 2.24) is 0 Å². The predicted octanol–water partition coefficient (Wildman–Crippen LogP) is 2.64. The average Bonchev–Trinajstić information content (AvgIpc) is 2.90. The van der Waals surface area contributed by atoms with E-state index >= 15 is 0 Å². The van der Waals surface area contributed by atoms with E-state index in [1.807, 2.05) is 0 Å². The molecule has 1 aromatic carbocycles. The van der Waals surface area contributed by atoms with Gasteiger partial charge in [0.1, 0.15) is 10.8 Å². The van der Waals surface area contributed by atoms with Crippen LogP contribution >= 0.6 is 23.2 Å². The zero-order valence-corrected chi connectivity index (χ0v) is 8.27. The molecule has 0 unspecified atom stereocenters. The first-order valence-electron chi connectivity index (χ1n) is 3.96. The van der Waals surface area contributed by atoms with E-state index in [2.05, 4.69) is 0 Å². The van der Waals surface area contributed by atoms with E-state index in [9.17, 15) is 5.11 Å². The standard InChI is InChI=1S/C9H8Cl2O2/c10-7-2-1-5(3-6-4-13-6)9(12)8(7)11/h1-2,6,12H,3-4H2/t6-/m1/s1. The van der Waals surface area contributed by atoms with Gasteiger partial charge in [0, 0.05) is 6.42 Å². The number of halogens is 2. The number of phenols is 1. The number of aromatic hydroxyl groups is 1. The molecule has 0 amide bonds. The normalized spacial score (nSPS) is 20.3. The number of rotatable bonds is 2. The molecule has 13 heavy (non-hydrogen) atoms. The van der Waals surface area contributed by atoms with Crippen molar-refractivity contribution in [2.24, 2.45) is 0 Å². The second-order valence-corrected chi connectivity index (χ2v) is 3.81. The molecule has 1 heterocycles. The van der Waals surface area contributed by atoms with E-state index in [-0.39, 0.29) is 16.9 Å². The molecule has 1 saturated heterocycles. The molecular weight excluding hydrogens is 211 g/mol. The molecule has 1 atom stereocenters. The largest absolute Gasteiger partial charge is 0.506 e. The van der Waals surface area contributed by atoms with E-state index < -0.39 is 0 Å². The zero-order valence-electron chi connectivity index (χ0n) is 6.76. The molecule has 0 saturated carbocycles. The van der Waals surface area contributed by atoms with Crippen LogP contribution in [0.4, 0.5) is 0 Å². The molecule has 70 valence electrons. The van der Waals surface area contributed by atoms with E-state index in [1.165, 1.54) is 0 Å². The summed E-state index contributed by atoms with van der Waals surface area (Å²) >= 11 is 11.5. The Labute approximate surface area is 86.0 Å². The lowest BCUT2D eigenvalue weighted by Gasteiger charge is -2.05. The van der Waals surface area contributed by atoms with Gasteiger partial charge < -0.3 is 9.84 Å².